The molecular formula is C63H92ClF6N11O11. The lowest BCUT2D eigenvalue weighted by Gasteiger charge is -2.39. The van der Waals surface area contributed by atoms with Gasteiger partial charge in [0.1, 0.15) is 41.8 Å². The molecule has 1 aliphatic rings. The van der Waals surface area contributed by atoms with Gasteiger partial charge in [0, 0.05) is 68.2 Å². The molecule has 0 bridgehead atoms. The SMILES string of the molecule is CC[C@H](C)[C@@H]1NC(=O)[C@H](C)N(C)C(=O)C[C@@H](C)N(C)C(=O)[C@H](CC(C)C)NC(=O)C(C)(C)N(C)C(=O)[C@H](CC(C)C)NC(=O)[C@H](CCc2ccc(C(F)(F)F)c(Cl)c2)NC(=O)CN(C)C(=O)[C@H](Cc2ccc(C(F)(F)F)cc2)N(C)C(=O)CN(C)C(=O)CN(C)C1=O. The summed E-state index contributed by atoms with van der Waals surface area (Å²) in [5, 5.41) is 10.1. The van der Waals surface area contributed by atoms with Crippen LogP contribution in [0.2, 0.25) is 5.02 Å². The number of benzene rings is 2. The molecule has 0 aliphatic carbocycles. The Morgan fingerprint density at radius 2 is 1.11 bits per heavy atom. The molecule has 0 saturated carbocycles. The Kier molecular flexibility index (Phi) is 28.5. The lowest BCUT2D eigenvalue weighted by molar-refractivity contribution is -0.149. The third kappa shape index (κ3) is 21.8. The van der Waals surface area contributed by atoms with Crippen LogP contribution < -0.4 is 21.3 Å². The van der Waals surface area contributed by atoms with Crippen LogP contribution in [0.4, 0.5) is 26.3 Å². The van der Waals surface area contributed by atoms with Gasteiger partial charge in [0.2, 0.25) is 65.0 Å². The minimum atomic E-state index is -4.81. The fourth-order valence-corrected chi connectivity index (χ4v) is 10.3. The zero-order valence-corrected chi connectivity index (χ0v) is 56.4. The van der Waals surface area contributed by atoms with Gasteiger partial charge in [-0.25, -0.2) is 0 Å². The first kappa shape index (κ1) is 78.7. The molecule has 2 aromatic rings. The van der Waals surface area contributed by atoms with Gasteiger partial charge < -0.3 is 55.6 Å². The number of hydrogen-bond acceptors (Lipinski definition) is 11. The van der Waals surface area contributed by atoms with E-state index in [0.717, 1.165) is 78.9 Å². The van der Waals surface area contributed by atoms with E-state index in [9.17, 15) is 79.1 Å². The van der Waals surface area contributed by atoms with Gasteiger partial charge in [-0.05, 0) is 107 Å². The van der Waals surface area contributed by atoms with Gasteiger partial charge in [-0.1, -0.05) is 77.8 Å². The number of carbonyl (C=O) groups excluding carboxylic acids is 11. The van der Waals surface area contributed by atoms with Crippen molar-refractivity contribution in [1.29, 1.82) is 0 Å². The van der Waals surface area contributed by atoms with Crippen molar-refractivity contribution in [3.63, 3.8) is 0 Å². The summed E-state index contributed by atoms with van der Waals surface area (Å²) < 4.78 is 82.2. The summed E-state index contributed by atoms with van der Waals surface area (Å²) in [6.45, 7) is 14.2. The molecule has 0 radical (unpaired) electrons. The molecule has 22 nitrogen and oxygen atoms in total. The van der Waals surface area contributed by atoms with Gasteiger partial charge in [-0.15, -0.1) is 0 Å². The molecule has 8 atom stereocenters. The minimum Gasteiger partial charge on any atom is -0.343 e. The van der Waals surface area contributed by atoms with Gasteiger partial charge in [0.25, 0.3) is 0 Å². The Balaban J connectivity index is 2.23. The number of amides is 11. The van der Waals surface area contributed by atoms with Gasteiger partial charge in [-0.3, -0.25) is 52.7 Å². The van der Waals surface area contributed by atoms with E-state index in [1.165, 1.54) is 68.0 Å². The molecule has 2 aromatic carbocycles. The standard InChI is InChI=1S/C63H92ClF6N11O11/c1-18-37(6)53-59(91)77(13)33-51(84)75(11)34-52(85)80(16)48(31-41-19-23-42(24-20-41)62(65,66)67)58(90)76(12)32-49(82)71-45(26-22-40-21-25-43(44(64)30-40)63(68,69)70)55(87)72-47(28-36(4)5)57(89)81(17)61(9,10)60(92)73-46(27-35(2)3)56(88)78(14)38(7)29-50(83)79(15)39(8)54(86)74-53/h19-21,23-25,30,35-39,45-48,53H,18,22,26-29,31-34H2,1-17H3,(H,71,82)(H,72,87)(H,73,92)(H,74,86)/t37-,38+,39-,45-,46-,47-,48-,53-/m0/s1. The average molecular weight is 1330 g/mol. The molecule has 0 aromatic heterocycles. The predicted molar refractivity (Wildman–Crippen MR) is 331 cm³/mol. The molecule has 1 heterocycles. The molecule has 0 unspecified atom stereocenters. The van der Waals surface area contributed by atoms with E-state index in [0.29, 0.717) is 6.42 Å². The second-order valence-corrected chi connectivity index (χ2v) is 25.8. The fourth-order valence-electron chi connectivity index (χ4n) is 9.97. The Hall–Kier alpha value is -7.52. The maximum Gasteiger partial charge on any atom is 0.417 e. The van der Waals surface area contributed by atoms with E-state index in [1.54, 1.807) is 34.6 Å². The van der Waals surface area contributed by atoms with E-state index in [1.807, 2.05) is 13.8 Å². The summed E-state index contributed by atoms with van der Waals surface area (Å²) in [6.07, 6.45) is -10.4. The Bertz CT molecular complexity index is 2990. The van der Waals surface area contributed by atoms with Crippen LogP contribution in [0, 0.1) is 17.8 Å². The number of carbonyl (C=O) groups is 11. The quantitative estimate of drug-likeness (QED) is 0.214. The second kappa shape index (κ2) is 33.4. The van der Waals surface area contributed by atoms with Crippen LogP contribution in [0.1, 0.15) is 124 Å². The number of nitrogens with zero attached hydrogens (tertiary/aromatic N) is 7. The molecule has 4 N–H and O–H groups in total. The maximum absolute atomic E-state index is 14.7. The van der Waals surface area contributed by atoms with Crippen molar-refractivity contribution in [2.75, 3.05) is 69.0 Å². The van der Waals surface area contributed by atoms with Crippen molar-refractivity contribution in [1.82, 2.24) is 55.6 Å². The van der Waals surface area contributed by atoms with E-state index < -0.39 is 173 Å². The van der Waals surface area contributed by atoms with E-state index >= 15 is 0 Å². The monoisotopic (exact) mass is 1330 g/mol. The molecule has 0 spiro atoms. The zero-order valence-electron chi connectivity index (χ0n) is 55.7. The van der Waals surface area contributed by atoms with E-state index in [-0.39, 0.29) is 55.1 Å². The number of aryl methyl sites for hydroxylation is 1. The molecule has 1 saturated heterocycles. The third-order valence-electron chi connectivity index (χ3n) is 16.8. The third-order valence-corrected chi connectivity index (χ3v) is 17.2. The van der Waals surface area contributed by atoms with E-state index in [2.05, 4.69) is 21.3 Å². The highest BCUT2D eigenvalue weighted by atomic mass is 35.5. The molecular weight excluding hydrogens is 1240 g/mol. The number of likely N-dealkylation sites (N-methyl/N-ethyl adjacent to an activating group) is 7. The molecule has 1 fully saturated rings. The van der Waals surface area contributed by atoms with Crippen LogP contribution in [0.3, 0.4) is 0 Å². The summed E-state index contributed by atoms with van der Waals surface area (Å²) in [7, 11) is 9.01. The van der Waals surface area contributed by atoms with Crippen LogP contribution in [0.25, 0.3) is 0 Å². The largest absolute Gasteiger partial charge is 0.417 e. The first-order valence-corrected chi connectivity index (χ1v) is 30.8. The van der Waals surface area contributed by atoms with Crippen molar-refractivity contribution in [2.45, 2.75) is 174 Å². The highest BCUT2D eigenvalue weighted by molar-refractivity contribution is 6.31. The maximum atomic E-state index is 14.7. The smallest absolute Gasteiger partial charge is 0.343 e. The normalized spacial score (nSPS) is 23.7. The van der Waals surface area contributed by atoms with Crippen LogP contribution in [0.5, 0.6) is 0 Å². The summed E-state index contributed by atoms with van der Waals surface area (Å²) in [5.74, 6) is -9.75. The first-order chi connectivity index (χ1) is 42.3. The lowest BCUT2D eigenvalue weighted by atomic mass is 9.95. The summed E-state index contributed by atoms with van der Waals surface area (Å²) in [4.78, 5) is 164. The second-order valence-electron chi connectivity index (χ2n) is 25.4. The first-order valence-electron chi connectivity index (χ1n) is 30.4. The summed E-state index contributed by atoms with van der Waals surface area (Å²) in [5.41, 5.74) is -3.56. The van der Waals surface area contributed by atoms with Crippen LogP contribution in [-0.4, -0.2) is 216 Å². The van der Waals surface area contributed by atoms with Crippen LogP contribution in [0.15, 0.2) is 42.5 Å². The summed E-state index contributed by atoms with van der Waals surface area (Å²) in [6, 6.07) is -2.37. The van der Waals surface area contributed by atoms with E-state index in [4.69, 9.17) is 11.6 Å². The van der Waals surface area contributed by atoms with Crippen LogP contribution >= 0.6 is 11.6 Å². The Morgan fingerprint density at radius 3 is 1.63 bits per heavy atom. The molecule has 3 rings (SSSR count). The summed E-state index contributed by atoms with van der Waals surface area (Å²) >= 11 is 6.05. The number of nitrogens with one attached hydrogen (secondary N) is 4. The van der Waals surface area contributed by atoms with Crippen molar-refractivity contribution >= 4 is 76.6 Å². The predicted octanol–water partition coefficient (Wildman–Crippen LogP) is 5.17. The Labute approximate surface area is 540 Å². The highest BCUT2D eigenvalue weighted by Crippen LogP contribution is 2.35. The van der Waals surface area contributed by atoms with Crippen LogP contribution in [-0.2, 0) is 77.9 Å². The van der Waals surface area contributed by atoms with Crippen molar-refractivity contribution in [3.05, 3.63) is 69.7 Å². The van der Waals surface area contributed by atoms with Gasteiger partial charge in [-0.2, -0.15) is 26.3 Å². The lowest BCUT2D eigenvalue weighted by Crippen LogP contribution is -2.63. The van der Waals surface area contributed by atoms with Gasteiger partial charge in [0.05, 0.1) is 35.8 Å². The van der Waals surface area contributed by atoms with Crippen molar-refractivity contribution in [3.8, 4) is 0 Å². The molecule has 1 aliphatic heterocycles. The average Bonchev–Trinajstić information content (AvgIpc) is 0.888. The number of alkyl halides is 6. The van der Waals surface area contributed by atoms with Crippen molar-refractivity contribution < 1.29 is 79.1 Å². The van der Waals surface area contributed by atoms with Gasteiger partial charge >= 0.3 is 12.4 Å². The number of rotatable bonds is 11. The van der Waals surface area contributed by atoms with Crippen molar-refractivity contribution in [2.24, 2.45) is 17.8 Å². The molecule has 11 amide bonds. The zero-order chi connectivity index (χ0) is 70.4. The molecule has 29 heteroatoms. The fraction of sp³-hybridized carbons (Fsp3) is 0.635. The number of halogens is 7. The van der Waals surface area contributed by atoms with Gasteiger partial charge in [0.15, 0.2) is 0 Å². The molecule has 514 valence electrons. The number of hydrogen-bond donors (Lipinski definition) is 4. The minimum absolute atomic E-state index is 0.0423. The molecule has 92 heavy (non-hydrogen) atoms. The Morgan fingerprint density at radius 1 is 0.576 bits per heavy atom. The topological polar surface area (TPSA) is 259 Å². The highest BCUT2D eigenvalue weighted by Gasteiger charge is 2.43.